The monoisotopic (exact) mass is 469 g/mol. The molecule has 1 saturated carbocycles. The summed E-state index contributed by atoms with van der Waals surface area (Å²) < 4.78 is 16.8. The lowest BCUT2D eigenvalue weighted by Crippen LogP contribution is -2.18. The number of hydrogen-bond donors (Lipinski definition) is 1. The molecule has 7 nitrogen and oxygen atoms in total. The standard InChI is InChI=1S/C25H27NO6S/c1-2-17-3-5-18(6-4-17)13-14-30-20-9-7-19(8-10-20)15-22-23(27)26(24(28)33-22)16-31-25(29)32-21-11-12-21/h3-10,21,27H,2,11-16H2,1H3. The largest absolute Gasteiger partial charge is 0.510 e. The lowest BCUT2D eigenvalue weighted by Gasteiger charge is -2.08. The number of aromatic nitrogens is 1. The molecule has 0 amide bonds. The second kappa shape index (κ2) is 10.6. The molecule has 4 rings (SSSR count). The molecule has 2 aromatic carbocycles. The summed E-state index contributed by atoms with van der Waals surface area (Å²) >= 11 is 0.926. The van der Waals surface area contributed by atoms with Crippen LogP contribution < -0.4 is 9.61 Å². The van der Waals surface area contributed by atoms with Crippen LogP contribution in [-0.4, -0.2) is 28.5 Å². The summed E-state index contributed by atoms with van der Waals surface area (Å²) in [5, 5.41) is 10.4. The van der Waals surface area contributed by atoms with Crippen molar-refractivity contribution in [1.82, 2.24) is 4.57 Å². The van der Waals surface area contributed by atoms with E-state index in [1.807, 2.05) is 24.3 Å². The zero-order valence-corrected chi connectivity index (χ0v) is 19.3. The van der Waals surface area contributed by atoms with Gasteiger partial charge in [0.2, 0.25) is 5.88 Å². The van der Waals surface area contributed by atoms with Crippen LogP contribution in [0.5, 0.6) is 11.6 Å². The highest BCUT2D eigenvalue weighted by Gasteiger charge is 2.27. The number of carbonyl (C=O) groups excluding carboxylic acids is 1. The predicted octanol–water partition coefficient (Wildman–Crippen LogP) is 4.66. The van der Waals surface area contributed by atoms with Gasteiger partial charge in [-0.05, 0) is 48.1 Å². The minimum atomic E-state index is -0.829. The zero-order valence-electron chi connectivity index (χ0n) is 18.5. The molecule has 0 bridgehead atoms. The van der Waals surface area contributed by atoms with Crippen LogP contribution in [0.15, 0.2) is 53.3 Å². The number of carbonyl (C=O) groups is 1. The molecule has 3 aromatic rings. The Morgan fingerprint density at radius 2 is 1.73 bits per heavy atom. The number of aromatic hydroxyl groups is 1. The van der Waals surface area contributed by atoms with Gasteiger partial charge in [0.15, 0.2) is 6.73 Å². The second-order valence-corrected chi connectivity index (χ2v) is 9.02. The zero-order chi connectivity index (χ0) is 23.2. The molecule has 0 spiro atoms. The van der Waals surface area contributed by atoms with Crippen LogP contribution >= 0.6 is 11.3 Å². The van der Waals surface area contributed by atoms with Gasteiger partial charge in [-0.15, -0.1) is 0 Å². The summed E-state index contributed by atoms with van der Waals surface area (Å²) in [6.07, 6.45) is 3.00. The van der Waals surface area contributed by atoms with Gasteiger partial charge in [0.25, 0.3) is 0 Å². The number of hydrogen-bond acceptors (Lipinski definition) is 7. The smallest absolute Gasteiger partial charge is 0.494 e. The maximum absolute atomic E-state index is 12.2. The molecule has 1 aliphatic rings. The van der Waals surface area contributed by atoms with Gasteiger partial charge in [-0.2, -0.15) is 0 Å². The van der Waals surface area contributed by atoms with Crippen LogP contribution in [0.2, 0.25) is 0 Å². The molecule has 0 unspecified atom stereocenters. The number of thiazole rings is 1. The fourth-order valence-corrected chi connectivity index (χ4v) is 4.16. The highest BCUT2D eigenvalue weighted by Crippen LogP contribution is 2.26. The number of aryl methyl sites for hydroxylation is 1. The molecule has 174 valence electrons. The molecular weight excluding hydrogens is 442 g/mol. The quantitative estimate of drug-likeness (QED) is 0.435. The number of ether oxygens (including phenoxy) is 3. The summed E-state index contributed by atoms with van der Waals surface area (Å²) in [5.74, 6) is 0.570. The molecule has 8 heteroatoms. The van der Waals surface area contributed by atoms with Crippen molar-refractivity contribution in [2.75, 3.05) is 6.61 Å². The molecule has 1 heterocycles. The number of nitrogens with zero attached hydrogens (tertiary/aromatic N) is 1. The molecule has 1 N–H and O–H groups in total. The maximum atomic E-state index is 12.2. The summed E-state index contributed by atoms with van der Waals surface area (Å²) in [6.45, 7) is 2.35. The minimum Gasteiger partial charge on any atom is -0.494 e. The molecule has 0 radical (unpaired) electrons. The Labute approximate surface area is 196 Å². The SMILES string of the molecule is CCc1ccc(CCOc2ccc(Cc3sc(=O)n(COC(=O)OC4CC4)c3O)cc2)cc1. The highest BCUT2D eigenvalue weighted by molar-refractivity contribution is 7.09. The van der Waals surface area contributed by atoms with E-state index in [1.54, 1.807) is 0 Å². The molecule has 33 heavy (non-hydrogen) atoms. The van der Waals surface area contributed by atoms with Gasteiger partial charge in [-0.25, -0.2) is 9.36 Å². The fraction of sp³-hybridized carbons (Fsp3) is 0.360. The van der Waals surface area contributed by atoms with E-state index in [1.165, 1.54) is 11.1 Å². The number of rotatable bonds is 10. The molecule has 1 fully saturated rings. The Morgan fingerprint density at radius 3 is 2.39 bits per heavy atom. The fourth-order valence-electron chi connectivity index (χ4n) is 3.26. The summed E-state index contributed by atoms with van der Waals surface area (Å²) in [5.41, 5.74) is 3.49. The molecule has 0 aliphatic heterocycles. The molecule has 1 aliphatic carbocycles. The van der Waals surface area contributed by atoms with Crippen LogP contribution in [0.4, 0.5) is 4.79 Å². The lowest BCUT2D eigenvalue weighted by atomic mass is 10.1. The van der Waals surface area contributed by atoms with E-state index in [-0.39, 0.29) is 18.7 Å². The van der Waals surface area contributed by atoms with Crippen LogP contribution in [0.25, 0.3) is 0 Å². The van der Waals surface area contributed by atoms with Gasteiger partial charge in [-0.3, -0.25) is 4.79 Å². The van der Waals surface area contributed by atoms with Crippen molar-refractivity contribution in [3.05, 3.63) is 79.8 Å². The summed E-state index contributed by atoms with van der Waals surface area (Å²) in [4.78, 5) is 23.9. The van der Waals surface area contributed by atoms with Gasteiger partial charge >= 0.3 is 11.0 Å². The average molecular weight is 470 g/mol. The van der Waals surface area contributed by atoms with Gasteiger partial charge in [0.05, 0.1) is 11.5 Å². The van der Waals surface area contributed by atoms with E-state index in [2.05, 4.69) is 31.2 Å². The molecular formula is C25H27NO6S. The Kier molecular flexibility index (Phi) is 7.34. The van der Waals surface area contributed by atoms with E-state index in [4.69, 9.17) is 14.2 Å². The normalized spacial score (nSPS) is 13.0. The number of benzene rings is 2. The first-order valence-corrected chi connectivity index (χ1v) is 11.9. The van der Waals surface area contributed by atoms with Crippen molar-refractivity contribution in [2.24, 2.45) is 0 Å². The van der Waals surface area contributed by atoms with Gasteiger partial charge in [-0.1, -0.05) is 54.7 Å². The summed E-state index contributed by atoms with van der Waals surface area (Å²) in [6, 6.07) is 16.1. The van der Waals surface area contributed by atoms with Crippen LogP contribution in [0, 0.1) is 0 Å². The third-order valence-electron chi connectivity index (χ3n) is 5.41. The van der Waals surface area contributed by atoms with Crippen LogP contribution in [0.3, 0.4) is 0 Å². The van der Waals surface area contributed by atoms with Crippen molar-refractivity contribution >= 4 is 17.5 Å². The highest BCUT2D eigenvalue weighted by atomic mass is 32.1. The Morgan fingerprint density at radius 1 is 1.06 bits per heavy atom. The van der Waals surface area contributed by atoms with E-state index >= 15 is 0 Å². The maximum Gasteiger partial charge on any atom is 0.510 e. The topological polar surface area (TPSA) is 87.0 Å². The Bertz CT molecular complexity index is 1130. The lowest BCUT2D eigenvalue weighted by molar-refractivity contribution is 0.0268. The molecule has 0 saturated heterocycles. The van der Waals surface area contributed by atoms with Crippen molar-refractivity contribution in [1.29, 1.82) is 0 Å². The van der Waals surface area contributed by atoms with E-state index in [0.717, 1.165) is 52.9 Å². The predicted molar refractivity (Wildman–Crippen MR) is 125 cm³/mol. The first-order valence-electron chi connectivity index (χ1n) is 11.1. The summed E-state index contributed by atoms with van der Waals surface area (Å²) in [7, 11) is 0. The third-order valence-corrected chi connectivity index (χ3v) is 6.38. The first-order chi connectivity index (χ1) is 16.0. The van der Waals surface area contributed by atoms with E-state index in [0.29, 0.717) is 17.9 Å². The van der Waals surface area contributed by atoms with E-state index < -0.39 is 11.0 Å². The van der Waals surface area contributed by atoms with E-state index in [9.17, 15) is 14.7 Å². The Balaban J connectivity index is 1.28. The van der Waals surface area contributed by atoms with Gasteiger partial charge in [0.1, 0.15) is 11.9 Å². The van der Waals surface area contributed by atoms with Crippen molar-refractivity contribution in [3.63, 3.8) is 0 Å². The van der Waals surface area contributed by atoms with Crippen molar-refractivity contribution in [3.8, 4) is 11.6 Å². The third kappa shape index (κ3) is 6.38. The van der Waals surface area contributed by atoms with Gasteiger partial charge < -0.3 is 19.3 Å². The molecule has 0 atom stereocenters. The molecule has 1 aromatic heterocycles. The Hall–Kier alpha value is -3.26. The van der Waals surface area contributed by atoms with Crippen molar-refractivity contribution in [2.45, 2.75) is 51.9 Å². The second-order valence-electron chi connectivity index (χ2n) is 7.97. The average Bonchev–Trinajstić information content (AvgIpc) is 3.59. The van der Waals surface area contributed by atoms with Crippen molar-refractivity contribution < 1.29 is 24.1 Å². The van der Waals surface area contributed by atoms with Crippen LogP contribution in [-0.2, 0) is 35.5 Å². The van der Waals surface area contributed by atoms with Crippen LogP contribution in [0.1, 0.15) is 41.3 Å². The van der Waals surface area contributed by atoms with Gasteiger partial charge in [0, 0.05) is 12.8 Å². The first kappa shape index (κ1) is 22.9. The minimum absolute atomic E-state index is 0.0832.